The molecular formula is C19H20Cl2N2O2. The van der Waals surface area contributed by atoms with Crippen LogP contribution in [0.25, 0.3) is 0 Å². The maximum atomic E-state index is 12.8. The van der Waals surface area contributed by atoms with Gasteiger partial charge in [-0.2, -0.15) is 0 Å². The highest BCUT2D eigenvalue weighted by Crippen LogP contribution is 2.33. The van der Waals surface area contributed by atoms with Crippen LogP contribution in [0.4, 0.5) is 0 Å². The third-order valence-electron chi connectivity index (χ3n) is 4.53. The molecule has 0 bridgehead atoms. The van der Waals surface area contributed by atoms with Gasteiger partial charge in [0.2, 0.25) is 0 Å². The van der Waals surface area contributed by atoms with E-state index in [4.69, 9.17) is 27.9 Å². The maximum Gasteiger partial charge on any atom is 0.255 e. The summed E-state index contributed by atoms with van der Waals surface area (Å²) in [4.78, 5) is 18.9. The smallest absolute Gasteiger partial charge is 0.255 e. The number of hydrogen-bond acceptors (Lipinski definition) is 3. The lowest BCUT2D eigenvalue weighted by molar-refractivity contribution is 0.0692. The molecule has 6 heteroatoms. The number of benzene rings is 1. The van der Waals surface area contributed by atoms with Crippen LogP contribution in [0.15, 0.2) is 36.7 Å². The molecule has 0 saturated carbocycles. The number of halogens is 2. The molecule has 1 aromatic carbocycles. The molecule has 132 valence electrons. The topological polar surface area (TPSA) is 42.4 Å². The van der Waals surface area contributed by atoms with E-state index in [1.54, 1.807) is 30.6 Å². The lowest BCUT2D eigenvalue weighted by atomic mass is 10.1. The molecule has 0 aliphatic carbocycles. The standard InChI is InChI=1S/C19H20Cl2N2O2/c1-12-6-7-13(2)23(12)19(24)15-8-14(9-22-10-15)11-25-18-16(20)4-3-5-17(18)21/h3-5,8-10,12-13H,6-7,11H2,1-2H3. The largest absolute Gasteiger partial charge is 0.486 e. The van der Waals surface area contributed by atoms with Gasteiger partial charge in [0.25, 0.3) is 5.91 Å². The number of rotatable bonds is 4. The molecule has 1 fully saturated rings. The minimum atomic E-state index is 0.0163. The quantitative estimate of drug-likeness (QED) is 0.753. The highest BCUT2D eigenvalue weighted by atomic mass is 35.5. The zero-order chi connectivity index (χ0) is 18.0. The molecule has 1 aliphatic heterocycles. The average molecular weight is 379 g/mol. The Kier molecular flexibility index (Phi) is 5.50. The first kappa shape index (κ1) is 18.0. The zero-order valence-corrected chi connectivity index (χ0v) is 15.7. The highest BCUT2D eigenvalue weighted by molar-refractivity contribution is 6.37. The molecule has 1 aliphatic rings. The molecule has 3 rings (SSSR count). The van der Waals surface area contributed by atoms with Crippen LogP contribution in [-0.4, -0.2) is 27.9 Å². The number of likely N-dealkylation sites (tertiary alicyclic amines) is 1. The summed E-state index contributed by atoms with van der Waals surface area (Å²) in [5, 5.41) is 0.903. The summed E-state index contributed by atoms with van der Waals surface area (Å²) in [6.45, 7) is 4.41. The van der Waals surface area contributed by atoms with Crippen LogP contribution in [0.3, 0.4) is 0 Å². The van der Waals surface area contributed by atoms with Crippen molar-refractivity contribution < 1.29 is 9.53 Å². The first-order chi connectivity index (χ1) is 12.0. The van der Waals surface area contributed by atoms with Gasteiger partial charge in [-0.15, -0.1) is 0 Å². The Labute approximate surface area is 157 Å². The fourth-order valence-corrected chi connectivity index (χ4v) is 3.71. The summed E-state index contributed by atoms with van der Waals surface area (Å²) in [5.41, 5.74) is 1.37. The summed E-state index contributed by atoms with van der Waals surface area (Å²) in [7, 11) is 0. The van der Waals surface area contributed by atoms with Gasteiger partial charge in [0.1, 0.15) is 6.61 Å². The number of pyridine rings is 1. The van der Waals surface area contributed by atoms with Crippen molar-refractivity contribution in [2.45, 2.75) is 45.4 Å². The van der Waals surface area contributed by atoms with Crippen molar-refractivity contribution in [1.29, 1.82) is 0 Å². The molecule has 0 spiro atoms. The lowest BCUT2D eigenvalue weighted by Crippen LogP contribution is -2.38. The molecule has 1 amide bonds. The number of amides is 1. The van der Waals surface area contributed by atoms with Crippen molar-refractivity contribution in [3.63, 3.8) is 0 Å². The second kappa shape index (κ2) is 7.63. The van der Waals surface area contributed by atoms with Gasteiger partial charge in [-0.05, 0) is 44.9 Å². The van der Waals surface area contributed by atoms with E-state index in [0.717, 1.165) is 18.4 Å². The van der Waals surface area contributed by atoms with E-state index in [1.165, 1.54) is 0 Å². The average Bonchev–Trinajstić information content (AvgIpc) is 2.93. The van der Waals surface area contributed by atoms with E-state index in [9.17, 15) is 4.79 Å². The lowest BCUT2D eigenvalue weighted by Gasteiger charge is -2.26. The minimum Gasteiger partial charge on any atom is -0.486 e. The van der Waals surface area contributed by atoms with Crippen molar-refractivity contribution in [2.75, 3.05) is 0 Å². The number of carbonyl (C=O) groups is 1. The molecule has 1 aromatic heterocycles. The molecule has 2 atom stereocenters. The van der Waals surface area contributed by atoms with Crippen LogP contribution in [-0.2, 0) is 6.61 Å². The molecule has 2 unspecified atom stereocenters. The normalized spacial score (nSPS) is 19.9. The van der Waals surface area contributed by atoms with E-state index in [1.807, 2.05) is 11.0 Å². The van der Waals surface area contributed by atoms with Crippen molar-refractivity contribution in [3.8, 4) is 5.75 Å². The second-order valence-electron chi connectivity index (χ2n) is 6.41. The van der Waals surface area contributed by atoms with Crippen molar-refractivity contribution in [3.05, 3.63) is 57.8 Å². The molecule has 0 N–H and O–H groups in total. The zero-order valence-electron chi connectivity index (χ0n) is 14.2. The van der Waals surface area contributed by atoms with Gasteiger partial charge in [-0.25, -0.2) is 0 Å². The van der Waals surface area contributed by atoms with Crippen LogP contribution in [0.5, 0.6) is 5.75 Å². The maximum absolute atomic E-state index is 12.8. The number of ether oxygens (including phenoxy) is 1. The molecule has 2 heterocycles. The van der Waals surface area contributed by atoms with Gasteiger partial charge < -0.3 is 9.64 Å². The Morgan fingerprint density at radius 1 is 1.20 bits per heavy atom. The summed E-state index contributed by atoms with van der Waals surface area (Å²) in [5.74, 6) is 0.451. The molecule has 25 heavy (non-hydrogen) atoms. The third-order valence-corrected chi connectivity index (χ3v) is 5.13. The summed E-state index contributed by atoms with van der Waals surface area (Å²) in [6.07, 6.45) is 5.35. The van der Waals surface area contributed by atoms with E-state index in [2.05, 4.69) is 18.8 Å². The fourth-order valence-electron chi connectivity index (χ4n) is 3.20. The Balaban J connectivity index is 1.74. The first-order valence-electron chi connectivity index (χ1n) is 8.30. The third kappa shape index (κ3) is 3.91. The van der Waals surface area contributed by atoms with Gasteiger partial charge in [-0.3, -0.25) is 9.78 Å². The van der Waals surface area contributed by atoms with Crippen LogP contribution in [0.1, 0.15) is 42.6 Å². The van der Waals surface area contributed by atoms with E-state index in [0.29, 0.717) is 21.4 Å². The summed E-state index contributed by atoms with van der Waals surface area (Å²) < 4.78 is 5.73. The summed E-state index contributed by atoms with van der Waals surface area (Å²) >= 11 is 12.2. The van der Waals surface area contributed by atoms with Gasteiger partial charge in [-0.1, -0.05) is 29.3 Å². The van der Waals surface area contributed by atoms with Crippen LogP contribution in [0.2, 0.25) is 10.0 Å². The molecule has 1 saturated heterocycles. The number of carbonyl (C=O) groups excluding carboxylic acids is 1. The SMILES string of the molecule is CC1CCC(C)N1C(=O)c1cncc(COc2c(Cl)cccc2Cl)c1. The fraction of sp³-hybridized carbons (Fsp3) is 0.368. The van der Waals surface area contributed by atoms with Gasteiger partial charge in [0.05, 0.1) is 15.6 Å². The Morgan fingerprint density at radius 3 is 2.48 bits per heavy atom. The van der Waals surface area contributed by atoms with Gasteiger partial charge >= 0.3 is 0 Å². The van der Waals surface area contributed by atoms with Crippen molar-refractivity contribution in [2.24, 2.45) is 0 Å². The Hall–Kier alpha value is -1.78. The van der Waals surface area contributed by atoms with Gasteiger partial charge in [0, 0.05) is 30.0 Å². The van der Waals surface area contributed by atoms with E-state index in [-0.39, 0.29) is 24.6 Å². The molecular weight excluding hydrogens is 359 g/mol. The predicted molar refractivity (Wildman–Crippen MR) is 99.4 cm³/mol. The first-order valence-corrected chi connectivity index (χ1v) is 9.06. The van der Waals surface area contributed by atoms with Crippen LogP contribution >= 0.6 is 23.2 Å². The van der Waals surface area contributed by atoms with Crippen LogP contribution in [0, 0.1) is 0 Å². The number of aromatic nitrogens is 1. The monoisotopic (exact) mass is 378 g/mol. The molecule has 4 nitrogen and oxygen atoms in total. The minimum absolute atomic E-state index is 0.0163. The van der Waals surface area contributed by atoms with E-state index >= 15 is 0 Å². The number of hydrogen-bond donors (Lipinski definition) is 0. The summed E-state index contributed by atoms with van der Waals surface area (Å²) in [6, 6.07) is 7.52. The highest BCUT2D eigenvalue weighted by Gasteiger charge is 2.32. The van der Waals surface area contributed by atoms with Crippen molar-refractivity contribution >= 4 is 29.1 Å². The van der Waals surface area contributed by atoms with Crippen molar-refractivity contribution in [1.82, 2.24) is 9.88 Å². The predicted octanol–water partition coefficient (Wildman–Crippen LogP) is 4.98. The van der Waals surface area contributed by atoms with Gasteiger partial charge in [0.15, 0.2) is 5.75 Å². The van der Waals surface area contributed by atoms with E-state index < -0.39 is 0 Å². The Bertz CT molecular complexity index is 752. The number of para-hydroxylation sites is 1. The van der Waals surface area contributed by atoms with Crippen LogP contribution < -0.4 is 4.74 Å². The Morgan fingerprint density at radius 2 is 1.84 bits per heavy atom. The molecule has 0 radical (unpaired) electrons. The number of nitrogens with zero attached hydrogens (tertiary/aromatic N) is 2. The second-order valence-corrected chi connectivity index (χ2v) is 7.22. The molecule has 2 aromatic rings.